The molecule has 3 N–H and O–H groups in total. The molecule has 0 spiro atoms. The SMILES string of the molecule is CC(O)C(C)SCCCn1ccc(N)n1. The summed E-state index contributed by atoms with van der Waals surface area (Å²) in [4.78, 5) is 0. The minimum absolute atomic E-state index is 0.240. The number of aromatic nitrogens is 2. The number of aryl methyl sites for hydroxylation is 1. The number of hydrogen-bond acceptors (Lipinski definition) is 4. The summed E-state index contributed by atoms with van der Waals surface area (Å²) in [7, 11) is 0. The van der Waals surface area contributed by atoms with Gasteiger partial charge in [-0.2, -0.15) is 16.9 Å². The van der Waals surface area contributed by atoms with Crippen LogP contribution in [0.3, 0.4) is 0 Å². The fraction of sp³-hybridized carbons (Fsp3) is 0.700. The van der Waals surface area contributed by atoms with Gasteiger partial charge < -0.3 is 10.8 Å². The summed E-state index contributed by atoms with van der Waals surface area (Å²) in [5.41, 5.74) is 5.50. The van der Waals surface area contributed by atoms with Gasteiger partial charge in [0.25, 0.3) is 0 Å². The van der Waals surface area contributed by atoms with Gasteiger partial charge in [-0.25, -0.2) is 0 Å². The van der Waals surface area contributed by atoms with Gasteiger partial charge in [0.1, 0.15) is 5.82 Å². The highest BCUT2D eigenvalue weighted by molar-refractivity contribution is 7.99. The largest absolute Gasteiger partial charge is 0.392 e. The maximum Gasteiger partial charge on any atom is 0.145 e. The molecule has 1 aromatic heterocycles. The number of nitrogens with zero attached hydrogens (tertiary/aromatic N) is 2. The lowest BCUT2D eigenvalue weighted by molar-refractivity contribution is 0.196. The van der Waals surface area contributed by atoms with Crippen LogP contribution in [0.15, 0.2) is 12.3 Å². The molecule has 1 aromatic rings. The Hall–Kier alpha value is -0.680. The van der Waals surface area contributed by atoms with Crippen molar-refractivity contribution in [2.75, 3.05) is 11.5 Å². The van der Waals surface area contributed by atoms with E-state index in [0.29, 0.717) is 11.1 Å². The number of anilines is 1. The highest BCUT2D eigenvalue weighted by atomic mass is 32.2. The summed E-state index contributed by atoms with van der Waals surface area (Å²) < 4.78 is 1.85. The van der Waals surface area contributed by atoms with E-state index in [0.717, 1.165) is 18.7 Å². The monoisotopic (exact) mass is 229 g/mol. The van der Waals surface area contributed by atoms with E-state index >= 15 is 0 Å². The Bertz CT molecular complexity index is 288. The summed E-state index contributed by atoms with van der Waals surface area (Å²) in [5, 5.41) is 13.7. The fourth-order valence-corrected chi connectivity index (χ4v) is 2.08. The van der Waals surface area contributed by atoms with Crippen LogP contribution in [0.5, 0.6) is 0 Å². The van der Waals surface area contributed by atoms with Crippen LogP contribution in [-0.2, 0) is 6.54 Å². The third-order valence-electron chi connectivity index (χ3n) is 2.25. The maximum atomic E-state index is 9.29. The molecule has 0 aliphatic rings. The molecule has 5 heteroatoms. The smallest absolute Gasteiger partial charge is 0.145 e. The first-order valence-corrected chi connectivity index (χ1v) is 6.23. The lowest BCUT2D eigenvalue weighted by Crippen LogP contribution is -2.16. The van der Waals surface area contributed by atoms with Gasteiger partial charge in [0, 0.05) is 18.0 Å². The molecule has 15 heavy (non-hydrogen) atoms. The molecule has 4 nitrogen and oxygen atoms in total. The van der Waals surface area contributed by atoms with Gasteiger partial charge in [-0.1, -0.05) is 6.92 Å². The van der Waals surface area contributed by atoms with Gasteiger partial charge in [0.15, 0.2) is 0 Å². The topological polar surface area (TPSA) is 64.1 Å². The van der Waals surface area contributed by atoms with E-state index in [1.54, 1.807) is 17.8 Å². The van der Waals surface area contributed by atoms with Crippen LogP contribution in [0.1, 0.15) is 20.3 Å². The molecule has 1 rings (SSSR count). The maximum absolute atomic E-state index is 9.29. The van der Waals surface area contributed by atoms with Gasteiger partial charge in [0.05, 0.1) is 6.10 Å². The zero-order valence-corrected chi connectivity index (χ0v) is 10.1. The normalized spacial score (nSPS) is 15.1. The van der Waals surface area contributed by atoms with E-state index in [-0.39, 0.29) is 6.10 Å². The van der Waals surface area contributed by atoms with E-state index in [1.165, 1.54) is 0 Å². The molecule has 0 radical (unpaired) electrons. The van der Waals surface area contributed by atoms with Crippen molar-refractivity contribution in [3.05, 3.63) is 12.3 Å². The average Bonchev–Trinajstić information content (AvgIpc) is 2.58. The zero-order valence-electron chi connectivity index (χ0n) is 9.26. The molecular weight excluding hydrogens is 210 g/mol. The number of rotatable bonds is 6. The van der Waals surface area contributed by atoms with E-state index in [2.05, 4.69) is 5.10 Å². The summed E-state index contributed by atoms with van der Waals surface area (Å²) in [5.74, 6) is 1.60. The zero-order chi connectivity index (χ0) is 11.3. The van der Waals surface area contributed by atoms with Crippen LogP contribution in [0.4, 0.5) is 5.82 Å². The summed E-state index contributed by atoms with van der Waals surface area (Å²) in [6, 6.07) is 1.80. The first-order chi connectivity index (χ1) is 7.09. The number of aliphatic hydroxyl groups excluding tert-OH is 1. The van der Waals surface area contributed by atoms with Gasteiger partial charge in [-0.3, -0.25) is 4.68 Å². The molecular formula is C10H19N3OS. The fourth-order valence-electron chi connectivity index (χ4n) is 1.14. The number of hydrogen-bond donors (Lipinski definition) is 2. The molecule has 0 aliphatic carbocycles. The lowest BCUT2D eigenvalue weighted by atomic mass is 10.3. The molecule has 0 fully saturated rings. The summed E-state index contributed by atoms with van der Waals surface area (Å²) in [6.07, 6.45) is 2.69. The molecule has 0 amide bonds. The first kappa shape index (κ1) is 12.4. The standard InChI is InChI=1S/C10H19N3OS/c1-8(14)9(2)15-7-3-5-13-6-4-10(11)12-13/h4,6,8-9,14H,3,5,7H2,1-2H3,(H2,11,12). The van der Waals surface area contributed by atoms with Crippen LogP contribution in [-0.4, -0.2) is 32.0 Å². The van der Waals surface area contributed by atoms with Crippen molar-refractivity contribution in [3.63, 3.8) is 0 Å². The second-order valence-electron chi connectivity index (χ2n) is 3.67. The molecule has 2 atom stereocenters. The number of thioether (sulfide) groups is 1. The highest BCUT2D eigenvalue weighted by Crippen LogP contribution is 2.15. The highest BCUT2D eigenvalue weighted by Gasteiger charge is 2.08. The predicted octanol–water partition coefficient (Wildman–Crippen LogP) is 1.36. The second-order valence-corrected chi connectivity index (χ2v) is 5.16. The summed E-state index contributed by atoms with van der Waals surface area (Å²) in [6.45, 7) is 4.75. The Morgan fingerprint density at radius 2 is 2.33 bits per heavy atom. The predicted molar refractivity (Wildman–Crippen MR) is 64.9 cm³/mol. The van der Waals surface area contributed by atoms with Crippen LogP contribution < -0.4 is 5.73 Å². The Labute approximate surface area is 94.9 Å². The molecule has 1 heterocycles. The van der Waals surface area contributed by atoms with Crippen molar-refractivity contribution < 1.29 is 5.11 Å². The van der Waals surface area contributed by atoms with Crippen LogP contribution in [0.2, 0.25) is 0 Å². The van der Waals surface area contributed by atoms with E-state index < -0.39 is 0 Å². The molecule has 0 aromatic carbocycles. The van der Waals surface area contributed by atoms with E-state index in [1.807, 2.05) is 24.7 Å². The summed E-state index contributed by atoms with van der Waals surface area (Å²) >= 11 is 1.79. The number of aliphatic hydroxyl groups is 1. The van der Waals surface area contributed by atoms with Gasteiger partial charge in [0.2, 0.25) is 0 Å². The van der Waals surface area contributed by atoms with Crippen LogP contribution >= 0.6 is 11.8 Å². The van der Waals surface area contributed by atoms with Crippen LogP contribution in [0, 0.1) is 0 Å². The minimum atomic E-state index is -0.240. The van der Waals surface area contributed by atoms with E-state index in [9.17, 15) is 5.11 Å². The first-order valence-electron chi connectivity index (χ1n) is 5.18. The number of nitrogens with two attached hydrogens (primary N) is 1. The molecule has 0 bridgehead atoms. The Kier molecular flexibility index (Phi) is 4.98. The number of nitrogen functional groups attached to an aromatic ring is 1. The van der Waals surface area contributed by atoms with Crippen molar-refractivity contribution in [3.8, 4) is 0 Å². The quantitative estimate of drug-likeness (QED) is 0.723. The Balaban J connectivity index is 2.12. The third-order valence-corrected chi connectivity index (χ3v) is 3.70. The van der Waals surface area contributed by atoms with Crippen molar-refractivity contribution in [2.24, 2.45) is 0 Å². The van der Waals surface area contributed by atoms with Gasteiger partial charge >= 0.3 is 0 Å². The van der Waals surface area contributed by atoms with Crippen molar-refractivity contribution in [2.45, 2.75) is 38.2 Å². The van der Waals surface area contributed by atoms with E-state index in [4.69, 9.17) is 5.73 Å². The molecule has 2 unspecified atom stereocenters. The second kappa shape index (κ2) is 6.02. The average molecular weight is 229 g/mol. The molecule has 86 valence electrons. The Morgan fingerprint density at radius 3 is 2.87 bits per heavy atom. The molecule has 0 saturated carbocycles. The lowest BCUT2D eigenvalue weighted by Gasteiger charge is -2.13. The van der Waals surface area contributed by atoms with Crippen LogP contribution in [0.25, 0.3) is 0 Å². The minimum Gasteiger partial charge on any atom is -0.392 e. The Morgan fingerprint density at radius 1 is 1.60 bits per heavy atom. The van der Waals surface area contributed by atoms with Crippen molar-refractivity contribution in [1.82, 2.24) is 9.78 Å². The van der Waals surface area contributed by atoms with Gasteiger partial charge in [-0.15, -0.1) is 0 Å². The molecule has 0 aliphatic heterocycles. The molecule has 0 saturated heterocycles. The van der Waals surface area contributed by atoms with Gasteiger partial charge in [-0.05, 0) is 25.2 Å². The van der Waals surface area contributed by atoms with Crippen molar-refractivity contribution in [1.29, 1.82) is 0 Å². The third kappa shape index (κ3) is 4.57. The van der Waals surface area contributed by atoms with Crippen molar-refractivity contribution >= 4 is 17.6 Å².